The highest BCUT2D eigenvalue weighted by molar-refractivity contribution is 9.10. The molecule has 1 heterocycles. The van der Waals surface area contributed by atoms with Crippen LogP contribution in [0.2, 0.25) is 0 Å². The number of rotatable bonds is 5. The number of halogens is 1. The number of ketones is 1. The molecule has 0 atom stereocenters. The fourth-order valence-corrected chi connectivity index (χ4v) is 2.89. The SMILES string of the molecule is Cc1ccc(/C=C/C(=O)OCC(=O)c2cccs2)c(Br)c1. The maximum atomic E-state index is 11.7. The molecule has 21 heavy (non-hydrogen) atoms. The lowest BCUT2D eigenvalue weighted by atomic mass is 10.1. The van der Waals surface area contributed by atoms with Gasteiger partial charge in [-0.05, 0) is 41.6 Å². The van der Waals surface area contributed by atoms with Gasteiger partial charge in [0.05, 0.1) is 4.88 Å². The lowest BCUT2D eigenvalue weighted by molar-refractivity contribution is -0.136. The number of hydrogen-bond donors (Lipinski definition) is 0. The molecule has 0 saturated heterocycles. The van der Waals surface area contributed by atoms with Gasteiger partial charge >= 0.3 is 5.97 Å². The van der Waals surface area contributed by atoms with Crippen molar-refractivity contribution in [3.05, 3.63) is 62.3 Å². The van der Waals surface area contributed by atoms with Crippen LogP contribution >= 0.6 is 27.3 Å². The van der Waals surface area contributed by atoms with E-state index in [4.69, 9.17) is 4.74 Å². The first kappa shape index (κ1) is 15.7. The molecule has 3 nitrogen and oxygen atoms in total. The van der Waals surface area contributed by atoms with Crippen molar-refractivity contribution in [2.75, 3.05) is 6.61 Å². The number of aryl methyl sites for hydroxylation is 1. The van der Waals surface area contributed by atoms with Crippen molar-refractivity contribution < 1.29 is 14.3 Å². The Morgan fingerprint density at radius 1 is 1.33 bits per heavy atom. The van der Waals surface area contributed by atoms with E-state index in [-0.39, 0.29) is 12.4 Å². The summed E-state index contributed by atoms with van der Waals surface area (Å²) in [4.78, 5) is 23.9. The summed E-state index contributed by atoms with van der Waals surface area (Å²) in [5, 5.41) is 1.81. The number of carbonyl (C=O) groups excluding carboxylic acids is 2. The highest BCUT2D eigenvalue weighted by Gasteiger charge is 2.09. The van der Waals surface area contributed by atoms with E-state index in [1.54, 1.807) is 18.2 Å². The minimum Gasteiger partial charge on any atom is -0.454 e. The Labute approximate surface area is 135 Å². The zero-order valence-corrected chi connectivity index (χ0v) is 13.7. The average Bonchev–Trinajstić information content (AvgIpc) is 2.98. The molecule has 0 amide bonds. The van der Waals surface area contributed by atoms with Crippen LogP contribution < -0.4 is 0 Å². The zero-order chi connectivity index (χ0) is 15.2. The smallest absolute Gasteiger partial charge is 0.331 e. The van der Waals surface area contributed by atoms with Crippen molar-refractivity contribution in [3.63, 3.8) is 0 Å². The van der Waals surface area contributed by atoms with Crippen LogP contribution in [0.5, 0.6) is 0 Å². The third kappa shape index (κ3) is 4.65. The van der Waals surface area contributed by atoms with Gasteiger partial charge < -0.3 is 4.74 Å². The molecular formula is C16H13BrO3S. The lowest BCUT2D eigenvalue weighted by Gasteiger charge is -2.01. The van der Waals surface area contributed by atoms with Crippen LogP contribution in [0, 0.1) is 6.92 Å². The Morgan fingerprint density at radius 3 is 2.81 bits per heavy atom. The predicted octanol–water partition coefficient (Wildman–Crippen LogP) is 4.26. The molecule has 108 valence electrons. The second kappa shape index (κ2) is 7.33. The topological polar surface area (TPSA) is 43.4 Å². The van der Waals surface area contributed by atoms with Crippen LogP contribution in [0.3, 0.4) is 0 Å². The standard InChI is InChI=1S/C16H13BrO3S/c1-11-4-5-12(13(17)9-11)6-7-16(19)20-10-14(18)15-3-2-8-21-15/h2-9H,10H2,1H3/b7-6+. The largest absolute Gasteiger partial charge is 0.454 e. The molecule has 0 aliphatic carbocycles. The molecular weight excluding hydrogens is 352 g/mol. The summed E-state index contributed by atoms with van der Waals surface area (Å²) in [6.07, 6.45) is 2.97. The van der Waals surface area contributed by atoms with Crippen LogP contribution in [0.15, 0.2) is 46.3 Å². The van der Waals surface area contributed by atoms with Gasteiger partial charge in [-0.2, -0.15) is 0 Å². The van der Waals surface area contributed by atoms with E-state index in [1.165, 1.54) is 17.4 Å². The van der Waals surface area contributed by atoms with Crippen molar-refractivity contribution in [2.24, 2.45) is 0 Å². The van der Waals surface area contributed by atoms with Gasteiger partial charge in [0, 0.05) is 10.5 Å². The normalized spacial score (nSPS) is 10.8. The molecule has 0 saturated carbocycles. The molecule has 1 aromatic heterocycles. The minimum atomic E-state index is -0.535. The van der Waals surface area contributed by atoms with E-state index in [9.17, 15) is 9.59 Å². The molecule has 0 N–H and O–H groups in total. The summed E-state index contributed by atoms with van der Waals surface area (Å²) in [5.41, 5.74) is 2.00. The van der Waals surface area contributed by atoms with Crippen LogP contribution in [0.25, 0.3) is 6.08 Å². The molecule has 0 unspecified atom stereocenters. The van der Waals surface area contributed by atoms with E-state index >= 15 is 0 Å². The third-order valence-corrected chi connectivity index (χ3v) is 4.29. The molecule has 0 fully saturated rings. The van der Waals surface area contributed by atoms with Crippen LogP contribution in [-0.2, 0) is 9.53 Å². The number of thiophene rings is 1. The number of ether oxygens (including phenoxy) is 1. The molecule has 2 rings (SSSR count). The van der Waals surface area contributed by atoms with Crippen molar-refractivity contribution in [1.29, 1.82) is 0 Å². The monoisotopic (exact) mass is 364 g/mol. The second-order valence-electron chi connectivity index (χ2n) is 4.37. The fourth-order valence-electron chi connectivity index (χ4n) is 1.62. The molecule has 0 radical (unpaired) electrons. The summed E-state index contributed by atoms with van der Waals surface area (Å²) >= 11 is 4.76. The number of benzene rings is 1. The van der Waals surface area contributed by atoms with Gasteiger partial charge in [-0.1, -0.05) is 34.1 Å². The summed E-state index contributed by atoms with van der Waals surface area (Å²) in [5.74, 6) is -0.726. The highest BCUT2D eigenvalue weighted by Crippen LogP contribution is 2.19. The maximum absolute atomic E-state index is 11.7. The van der Waals surface area contributed by atoms with Crippen LogP contribution in [0.4, 0.5) is 0 Å². The lowest BCUT2D eigenvalue weighted by Crippen LogP contribution is -2.11. The number of Topliss-reactive ketones (excluding diaryl/α,β-unsaturated/α-hetero) is 1. The van der Waals surface area contributed by atoms with Crippen molar-refractivity contribution >= 4 is 45.1 Å². The number of carbonyl (C=O) groups is 2. The maximum Gasteiger partial charge on any atom is 0.331 e. The molecule has 0 aliphatic rings. The number of hydrogen-bond acceptors (Lipinski definition) is 4. The van der Waals surface area contributed by atoms with Crippen LogP contribution in [-0.4, -0.2) is 18.4 Å². The molecule has 2 aromatic rings. The Bertz CT molecular complexity index is 675. The fraction of sp³-hybridized carbons (Fsp3) is 0.125. The minimum absolute atomic E-state index is 0.191. The molecule has 0 bridgehead atoms. The van der Waals surface area contributed by atoms with Gasteiger partial charge in [0.15, 0.2) is 6.61 Å². The van der Waals surface area contributed by atoms with Gasteiger partial charge in [-0.15, -0.1) is 11.3 Å². The number of esters is 1. The van der Waals surface area contributed by atoms with E-state index in [0.29, 0.717) is 4.88 Å². The first-order chi connectivity index (χ1) is 10.1. The summed E-state index contributed by atoms with van der Waals surface area (Å²) in [6, 6.07) is 9.32. The quantitative estimate of drug-likeness (QED) is 0.452. The Balaban J connectivity index is 1.89. The van der Waals surface area contributed by atoms with E-state index in [2.05, 4.69) is 15.9 Å². The van der Waals surface area contributed by atoms with Gasteiger partial charge in [0.25, 0.3) is 0 Å². The molecule has 1 aromatic carbocycles. The molecule has 0 aliphatic heterocycles. The summed E-state index contributed by atoms with van der Waals surface area (Å²) in [7, 11) is 0. The zero-order valence-electron chi connectivity index (χ0n) is 11.3. The first-order valence-corrected chi connectivity index (χ1v) is 7.91. The molecule has 5 heteroatoms. The van der Waals surface area contributed by atoms with Gasteiger partial charge in [0.1, 0.15) is 0 Å². The third-order valence-electron chi connectivity index (χ3n) is 2.70. The predicted molar refractivity (Wildman–Crippen MR) is 87.5 cm³/mol. The Hall–Kier alpha value is -1.72. The summed E-state index contributed by atoms with van der Waals surface area (Å²) in [6.45, 7) is 1.75. The average molecular weight is 365 g/mol. The first-order valence-electron chi connectivity index (χ1n) is 6.24. The Kier molecular flexibility index (Phi) is 5.47. The highest BCUT2D eigenvalue weighted by atomic mass is 79.9. The Morgan fingerprint density at radius 2 is 2.14 bits per heavy atom. The van der Waals surface area contributed by atoms with Crippen molar-refractivity contribution in [3.8, 4) is 0 Å². The van der Waals surface area contributed by atoms with Gasteiger partial charge in [-0.3, -0.25) is 4.79 Å². The van der Waals surface area contributed by atoms with Crippen molar-refractivity contribution in [1.82, 2.24) is 0 Å². The van der Waals surface area contributed by atoms with Crippen LogP contribution in [0.1, 0.15) is 20.8 Å². The molecule has 0 spiro atoms. The van der Waals surface area contributed by atoms with E-state index in [1.807, 2.05) is 30.5 Å². The van der Waals surface area contributed by atoms with Gasteiger partial charge in [0.2, 0.25) is 5.78 Å². The second-order valence-corrected chi connectivity index (χ2v) is 6.17. The van der Waals surface area contributed by atoms with Crippen molar-refractivity contribution in [2.45, 2.75) is 6.92 Å². The van der Waals surface area contributed by atoms with E-state index < -0.39 is 5.97 Å². The summed E-state index contributed by atoms with van der Waals surface area (Å²) < 4.78 is 5.83. The van der Waals surface area contributed by atoms with E-state index in [0.717, 1.165) is 15.6 Å². The van der Waals surface area contributed by atoms with Gasteiger partial charge in [-0.25, -0.2) is 4.79 Å².